The molecule has 0 aromatic carbocycles. The fourth-order valence-corrected chi connectivity index (χ4v) is 1.92. The molecular formula is C14H22N6O5. The summed E-state index contributed by atoms with van der Waals surface area (Å²) in [4.78, 5) is 23.3. The summed E-state index contributed by atoms with van der Waals surface area (Å²) in [6, 6.07) is -0.736. The standard InChI is InChI=1S/C14H22N6O5/c1-7(2)9(15)13(23)24-4-8(3-21)25-6-20-5-17-10-11(20)18-14(16)19-12(10)22/h5,7-9,21H,3-4,6,15H2,1-2H3,(H3,16,18,19,22)/t8-,9+/m1/s1. The number of nitrogens with two attached hydrogens (primary N) is 2. The van der Waals surface area contributed by atoms with Crippen molar-refractivity contribution < 1.29 is 24.5 Å². The van der Waals surface area contributed by atoms with Gasteiger partial charge in [0.05, 0.1) is 12.9 Å². The molecule has 2 atom stereocenters. The van der Waals surface area contributed by atoms with E-state index in [1.165, 1.54) is 10.9 Å². The van der Waals surface area contributed by atoms with Gasteiger partial charge in [0.15, 0.2) is 11.2 Å². The van der Waals surface area contributed by atoms with Gasteiger partial charge in [-0.1, -0.05) is 13.8 Å². The Balaban J connectivity index is 1.96. The molecule has 0 aliphatic rings. The monoisotopic (exact) mass is 354 g/mol. The normalized spacial score (nSPS) is 14.0. The van der Waals surface area contributed by atoms with Crippen LogP contribution in [0.4, 0.5) is 5.95 Å². The van der Waals surface area contributed by atoms with E-state index >= 15 is 0 Å². The number of esters is 1. The number of hydrogen-bond donors (Lipinski definition) is 4. The second-order valence-electron chi connectivity index (χ2n) is 5.79. The Labute approximate surface area is 143 Å². The summed E-state index contributed by atoms with van der Waals surface area (Å²) in [5.74, 6) is -1.06. The number of aromatic nitrogens is 4. The number of carbonyl (C=O) groups is 1. The maximum atomic E-state index is 11.7. The van der Waals surface area contributed by atoms with E-state index < -0.39 is 18.1 Å². The number of imidazole rings is 1. The molecule has 0 amide bonds. The third kappa shape index (κ3) is 4.53. The summed E-state index contributed by atoms with van der Waals surface area (Å²) in [6.07, 6.45) is 0.627. The summed E-state index contributed by atoms with van der Waals surface area (Å²) in [5, 5.41) is 19.0. The Morgan fingerprint density at radius 1 is 1.40 bits per heavy atom. The predicted molar refractivity (Wildman–Crippen MR) is 87.1 cm³/mol. The number of fused-ring (bicyclic) bond motifs is 1. The van der Waals surface area contributed by atoms with Gasteiger partial charge in [0, 0.05) is 0 Å². The minimum Gasteiger partial charge on any atom is -0.492 e. The molecule has 0 unspecified atom stereocenters. The minimum absolute atomic E-state index is 0.0502. The van der Waals surface area contributed by atoms with Crippen LogP contribution in [0.2, 0.25) is 0 Å². The Kier molecular flexibility index (Phi) is 6.07. The maximum Gasteiger partial charge on any atom is 0.323 e. The summed E-state index contributed by atoms with van der Waals surface area (Å²) in [6.45, 7) is 3.05. The van der Waals surface area contributed by atoms with E-state index in [2.05, 4.69) is 15.0 Å². The molecule has 0 saturated carbocycles. The van der Waals surface area contributed by atoms with Crippen molar-refractivity contribution in [3.8, 4) is 5.88 Å². The number of rotatable bonds is 8. The number of aliphatic hydroxyl groups is 1. The highest BCUT2D eigenvalue weighted by Gasteiger charge is 2.21. The lowest BCUT2D eigenvalue weighted by atomic mass is 10.1. The van der Waals surface area contributed by atoms with Crippen molar-refractivity contribution >= 4 is 23.1 Å². The van der Waals surface area contributed by atoms with Crippen molar-refractivity contribution in [3.05, 3.63) is 6.33 Å². The van der Waals surface area contributed by atoms with Crippen LogP contribution in [0.15, 0.2) is 6.33 Å². The topological polar surface area (TPSA) is 172 Å². The highest BCUT2D eigenvalue weighted by atomic mass is 16.6. The molecule has 2 heterocycles. The molecular weight excluding hydrogens is 332 g/mol. The van der Waals surface area contributed by atoms with E-state index in [4.69, 9.17) is 20.9 Å². The molecule has 2 rings (SSSR count). The number of anilines is 1. The molecule has 2 aromatic heterocycles. The molecule has 0 aliphatic heterocycles. The molecule has 0 spiro atoms. The molecule has 25 heavy (non-hydrogen) atoms. The van der Waals surface area contributed by atoms with E-state index in [0.717, 1.165) is 0 Å². The van der Waals surface area contributed by atoms with Crippen molar-refractivity contribution in [1.82, 2.24) is 19.5 Å². The molecule has 138 valence electrons. The van der Waals surface area contributed by atoms with Gasteiger partial charge in [0.1, 0.15) is 25.5 Å². The fraction of sp³-hybridized carbons (Fsp3) is 0.571. The number of nitrogen functional groups attached to an aromatic ring is 1. The number of aromatic hydroxyl groups is 1. The first-order chi connectivity index (χ1) is 11.8. The average Bonchev–Trinajstić information content (AvgIpc) is 2.97. The molecule has 0 aliphatic carbocycles. The summed E-state index contributed by atoms with van der Waals surface area (Å²) in [7, 11) is 0. The number of hydrogen-bond acceptors (Lipinski definition) is 10. The first-order valence-electron chi connectivity index (χ1n) is 7.65. The quantitative estimate of drug-likeness (QED) is 0.430. The summed E-state index contributed by atoms with van der Waals surface area (Å²) in [5.41, 5.74) is 11.6. The van der Waals surface area contributed by atoms with E-state index in [0.29, 0.717) is 0 Å². The first-order valence-corrected chi connectivity index (χ1v) is 7.65. The zero-order chi connectivity index (χ0) is 18.6. The fourth-order valence-electron chi connectivity index (χ4n) is 1.92. The van der Waals surface area contributed by atoms with Gasteiger partial charge in [0.2, 0.25) is 11.8 Å². The Bertz CT molecular complexity index is 734. The van der Waals surface area contributed by atoms with E-state index in [1.807, 2.05) is 0 Å². The largest absolute Gasteiger partial charge is 0.492 e. The summed E-state index contributed by atoms with van der Waals surface area (Å²) < 4.78 is 12.0. The highest BCUT2D eigenvalue weighted by Crippen LogP contribution is 2.20. The van der Waals surface area contributed by atoms with Crippen molar-refractivity contribution in [2.75, 3.05) is 18.9 Å². The molecule has 0 bridgehead atoms. The average molecular weight is 354 g/mol. The van der Waals surface area contributed by atoms with Crippen molar-refractivity contribution in [1.29, 1.82) is 0 Å². The maximum absolute atomic E-state index is 11.7. The molecule has 11 heteroatoms. The van der Waals surface area contributed by atoms with Gasteiger partial charge in [-0.05, 0) is 5.92 Å². The molecule has 11 nitrogen and oxygen atoms in total. The van der Waals surface area contributed by atoms with Gasteiger partial charge >= 0.3 is 5.97 Å². The van der Waals surface area contributed by atoms with Gasteiger partial charge in [-0.2, -0.15) is 9.97 Å². The van der Waals surface area contributed by atoms with E-state index in [-0.39, 0.29) is 48.9 Å². The first kappa shape index (κ1) is 18.8. The van der Waals surface area contributed by atoms with Crippen LogP contribution in [-0.4, -0.2) is 61.1 Å². The molecule has 2 aromatic rings. The van der Waals surface area contributed by atoms with E-state index in [9.17, 15) is 15.0 Å². The van der Waals surface area contributed by atoms with Crippen LogP contribution in [0, 0.1) is 5.92 Å². The van der Waals surface area contributed by atoms with Crippen molar-refractivity contribution in [2.24, 2.45) is 11.7 Å². The smallest absolute Gasteiger partial charge is 0.323 e. The highest BCUT2D eigenvalue weighted by molar-refractivity contribution is 5.77. The van der Waals surface area contributed by atoms with Crippen LogP contribution >= 0.6 is 0 Å². The second kappa shape index (κ2) is 8.05. The van der Waals surface area contributed by atoms with E-state index in [1.54, 1.807) is 13.8 Å². The van der Waals surface area contributed by atoms with Gasteiger partial charge < -0.3 is 31.2 Å². The van der Waals surface area contributed by atoms with Crippen LogP contribution in [0.3, 0.4) is 0 Å². The third-order valence-corrected chi connectivity index (χ3v) is 3.52. The number of nitrogens with zero attached hydrogens (tertiary/aromatic N) is 4. The molecule has 0 fully saturated rings. The van der Waals surface area contributed by atoms with Gasteiger partial charge in [-0.3, -0.25) is 9.36 Å². The zero-order valence-corrected chi connectivity index (χ0v) is 14.0. The van der Waals surface area contributed by atoms with Crippen LogP contribution in [0.1, 0.15) is 13.8 Å². The predicted octanol–water partition coefficient (Wildman–Crippen LogP) is -1.02. The SMILES string of the molecule is CC(C)[C@H](N)C(=O)OC[C@@H](CO)OCn1cnc2c(O)nc(N)nc21. The lowest BCUT2D eigenvalue weighted by molar-refractivity contribution is -0.153. The third-order valence-electron chi connectivity index (χ3n) is 3.52. The minimum atomic E-state index is -0.756. The molecule has 0 radical (unpaired) electrons. The summed E-state index contributed by atoms with van der Waals surface area (Å²) >= 11 is 0. The Morgan fingerprint density at radius 3 is 2.76 bits per heavy atom. The number of aliphatic hydroxyl groups excluding tert-OH is 1. The van der Waals surface area contributed by atoms with Gasteiger partial charge in [-0.15, -0.1) is 0 Å². The van der Waals surface area contributed by atoms with Crippen LogP contribution in [0.25, 0.3) is 11.2 Å². The van der Waals surface area contributed by atoms with Gasteiger partial charge in [0.25, 0.3) is 0 Å². The van der Waals surface area contributed by atoms with Crippen molar-refractivity contribution in [2.45, 2.75) is 32.7 Å². The Hall–Kier alpha value is -2.50. The number of carbonyl (C=O) groups excluding carboxylic acids is 1. The van der Waals surface area contributed by atoms with Gasteiger partial charge in [-0.25, -0.2) is 4.98 Å². The van der Waals surface area contributed by atoms with Crippen LogP contribution in [0.5, 0.6) is 5.88 Å². The zero-order valence-electron chi connectivity index (χ0n) is 14.0. The molecule has 0 saturated heterocycles. The van der Waals surface area contributed by atoms with Crippen molar-refractivity contribution in [3.63, 3.8) is 0 Å². The second-order valence-corrected chi connectivity index (χ2v) is 5.79. The molecule has 6 N–H and O–H groups in total. The lowest BCUT2D eigenvalue weighted by Gasteiger charge is -2.19. The Morgan fingerprint density at radius 2 is 2.12 bits per heavy atom. The number of ether oxygens (including phenoxy) is 2. The lowest BCUT2D eigenvalue weighted by Crippen LogP contribution is -2.39. The van der Waals surface area contributed by atoms with Crippen LogP contribution in [-0.2, 0) is 21.0 Å². The van der Waals surface area contributed by atoms with Crippen LogP contribution < -0.4 is 11.5 Å².